The first-order chi connectivity index (χ1) is 12.5. The van der Waals surface area contributed by atoms with Crippen molar-refractivity contribution < 1.29 is 14.6 Å². The van der Waals surface area contributed by atoms with Crippen LogP contribution in [0.3, 0.4) is 0 Å². The molecule has 0 aliphatic heterocycles. The number of hydrogen-bond acceptors (Lipinski definition) is 4. The van der Waals surface area contributed by atoms with E-state index < -0.39 is 5.97 Å². The number of methoxy groups -OCH3 is 1. The Balaban J connectivity index is 2.07. The topological polar surface area (TPSA) is 80.9 Å². The van der Waals surface area contributed by atoms with E-state index >= 15 is 0 Å². The van der Waals surface area contributed by atoms with E-state index in [4.69, 9.17) is 9.84 Å². The van der Waals surface area contributed by atoms with E-state index in [2.05, 4.69) is 4.98 Å². The molecule has 0 saturated heterocycles. The van der Waals surface area contributed by atoms with Gasteiger partial charge in [0.05, 0.1) is 18.4 Å². The van der Waals surface area contributed by atoms with Crippen molar-refractivity contribution in [1.29, 1.82) is 0 Å². The molecule has 1 aromatic carbocycles. The summed E-state index contributed by atoms with van der Waals surface area (Å²) in [4.78, 5) is 28.4. The molecule has 0 aliphatic rings. The molecule has 0 aliphatic carbocycles. The summed E-state index contributed by atoms with van der Waals surface area (Å²) in [5.41, 5.74) is 2.27. The van der Waals surface area contributed by atoms with Crippen LogP contribution < -0.4 is 10.3 Å². The Labute approximate surface area is 150 Å². The number of carbonyl (C=O) groups is 1. The summed E-state index contributed by atoms with van der Waals surface area (Å²) < 4.78 is 6.42. The predicted octanol–water partition coefficient (Wildman–Crippen LogP) is 3.13. The third-order valence-electron chi connectivity index (χ3n) is 4.10. The molecule has 0 unspecified atom stereocenters. The molecule has 26 heavy (non-hydrogen) atoms. The number of nitrogens with zero attached hydrogens (tertiary/aromatic N) is 2. The van der Waals surface area contributed by atoms with E-state index in [1.165, 1.54) is 22.7 Å². The van der Waals surface area contributed by atoms with Crippen LogP contribution >= 0.6 is 0 Å². The number of aromatic nitrogens is 2. The Morgan fingerprint density at radius 2 is 1.92 bits per heavy atom. The molecule has 0 atom stereocenters. The van der Waals surface area contributed by atoms with Crippen molar-refractivity contribution in [3.05, 3.63) is 75.3 Å². The second kappa shape index (κ2) is 7.23. The van der Waals surface area contributed by atoms with Crippen LogP contribution in [0.15, 0.2) is 47.4 Å². The zero-order valence-corrected chi connectivity index (χ0v) is 14.5. The lowest BCUT2D eigenvalue weighted by Crippen LogP contribution is -2.22. The molecule has 3 aromatic rings. The second-order valence-electron chi connectivity index (χ2n) is 5.69. The highest BCUT2D eigenvalue weighted by molar-refractivity contribution is 5.87. The van der Waals surface area contributed by atoms with Gasteiger partial charge in [0.1, 0.15) is 11.4 Å². The molecule has 3 rings (SSSR count). The first kappa shape index (κ1) is 17.4. The summed E-state index contributed by atoms with van der Waals surface area (Å²) in [6.45, 7) is 1.87. The average Bonchev–Trinajstić information content (AvgIpc) is 2.66. The normalized spacial score (nSPS) is 11.2. The highest BCUT2D eigenvalue weighted by Crippen LogP contribution is 2.15. The smallest absolute Gasteiger partial charge is 0.337 e. The minimum Gasteiger partial charge on any atom is -0.497 e. The zero-order valence-electron chi connectivity index (χ0n) is 14.5. The lowest BCUT2D eigenvalue weighted by molar-refractivity contribution is 0.0696. The van der Waals surface area contributed by atoms with Crippen molar-refractivity contribution in [3.8, 4) is 5.75 Å². The van der Waals surface area contributed by atoms with Gasteiger partial charge in [0.25, 0.3) is 5.56 Å². The Morgan fingerprint density at radius 3 is 2.54 bits per heavy atom. The molecule has 2 aromatic heterocycles. The molecular weight excluding hydrogens is 332 g/mol. The number of carboxylic acids is 1. The number of hydrogen-bond donors (Lipinski definition) is 1. The summed E-state index contributed by atoms with van der Waals surface area (Å²) in [5.74, 6) is -0.312. The summed E-state index contributed by atoms with van der Waals surface area (Å²) in [5, 5.41) is 9.11. The van der Waals surface area contributed by atoms with E-state index in [-0.39, 0.29) is 11.1 Å². The van der Waals surface area contributed by atoms with Gasteiger partial charge in [-0.1, -0.05) is 25.1 Å². The van der Waals surface area contributed by atoms with Gasteiger partial charge in [0, 0.05) is 11.8 Å². The van der Waals surface area contributed by atoms with Crippen LogP contribution in [0.2, 0.25) is 0 Å². The second-order valence-corrected chi connectivity index (χ2v) is 5.69. The van der Waals surface area contributed by atoms with Gasteiger partial charge in [-0.15, -0.1) is 0 Å². The van der Waals surface area contributed by atoms with E-state index in [1.807, 2.05) is 37.3 Å². The zero-order chi connectivity index (χ0) is 18.7. The van der Waals surface area contributed by atoms with Gasteiger partial charge in [0.15, 0.2) is 0 Å². The monoisotopic (exact) mass is 350 g/mol. The van der Waals surface area contributed by atoms with Crippen LogP contribution in [0.5, 0.6) is 5.75 Å². The number of ether oxygens (including phenoxy) is 1. The highest BCUT2D eigenvalue weighted by Gasteiger charge is 2.11. The van der Waals surface area contributed by atoms with Crippen LogP contribution in [0, 0.1) is 0 Å². The fraction of sp³-hybridized carbons (Fsp3) is 0.150. The van der Waals surface area contributed by atoms with Crippen LogP contribution in [-0.2, 0) is 6.42 Å². The molecule has 6 nitrogen and oxygen atoms in total. The SMILES string of the molecule is CCc1c(C=Cc2ccc(OC)cc2)nc2ccc(C(=O)O)cn2c1=O. The predicted molar refractivity (Wildman–Crippen MR) is 99.7 cm³/mol. The summed E-state index contributed by atoms with van der Waals surface area (Å²) in [6.07, 6.45) is 5.48. The first-order valence-corrected chi connectivity index (χ1v) is 8.14. The Hall–Kier alpha value is -3.41. The van der Waals surface area contributed by atoms with Crippen LogP contribution in [-0.4, -0.2) is 27.6 Å². The minimum atomic E-state index is -1.08. The van der Waals surface area contributed by atoms with E-state index in [0.29, 0.717) is 23.3 Å². The third kappa shape index (κ3) is 3.35. The largest absolute Gasteiger partial charge is 0.497 e. The third-order valence-corrected chi connectivity index (χ3v) is 4.10. The summed E-state index contributed by atoms with van der Waals surface area (Å²) >= 11 is 0. The molecule has 0 radical (unpaired) electrons. The molecule has 1 N–H and O–H groups in total. The molecule has 2 heterocycles. The summed E-state index contributed by atoms with van der Waals surface area (Å²) in [6, 6.07) is 10.5. The quantitative estimate of drug-likeness (QED) is 0.764. The number of rotatable bonds is 5. The highest BCUT2D eigenvalue weighted by atomic mass is 16.5. The molecule has 0 saturated carbocycles. The van der Waals surface area contributed by atoms with Gasteiger partial charge in [-0.05, 0) is 42.3 Å². The molecule has 0 amide bonds. The average molecular weight is 350 g/mol. The van der Waals surface area contributed by atoms with E-state index in [1.54, 1.807) is 13.2 Å². The molecule has 0 bridgehead atoms. The van der Waals surface area contributed by atoms with Crippen LogP contribution in [0.4, 0.5) is 0 Å². The van der Waals surface area contributed by atoms with Gasteiger partial charge in [0.2, 0.25) is 0 Å². The van der Waals surface area contributed by atoms with Crippen LogP contribution in [0.1, 0.15) is 34.1 Å². The van der Waals surface area contributed by atoms with Gasteiger partial charge in [-0.2, -0.15) is 0 Å². The molecule has 0 spiro atoms. The van der Waals surface area contributed by atoms with Gasteiger partial charge < -0.3 is 9.84 Å². The fourth-order valence-corrected chi connectivity index (χ4v) is 2.68. The van der Waals surface area contributed by atoms with Crippen molar-refractivity contribution in [2.75, 3.05) is 7.11 Å². The number of pyridine rings is 1. The Morgan fingerprint density at radius 1 is 1.19 bits per heavy atom. The minimum absolute atomic E-state index is 0.0463. The van der Waals surface area contributed by atoms with E-state index in [9.17, 15) is 9.59 Å². The van der Waals surface area contributed by atoms with Crippen molar-refractivity contribution in [3.63, 3.8) is 0 Å². The Kier molecular flexibility index (Phi) is 4.84. The summed E-state index contributed by atoms with van der Waals surface area (Å²) in [7, 11) is 1.61. The van der Waals surface area contributed by atoms with Crippen molar-refractivity contribution in [2.24, 2.45) is 0 Å². The molecule has 6 heteroatoms. The van der Waals surface area contributed by atoms with E-state index in [0.717, 1.165) is 11.3 Å². The maximum Gasteiger partial charge on any atom is 0.337 e. The molecule has 132 valence electrons. The Bertz CT molecular complexity index is 1050. The fourth-order valence-electron chi connectivity index (χ4n) is 2.68. The number of carboxylic acid groups (broad SMARTS) is 1. The van der Waals surface area contributed by atoms with Crippen molar-refractivity contribution in [1.82, 2.24) is 9.38 Å². The standard InChI is InChI=1S/C20H18N2O4/c1-3-16-17(10-6-13-4-8-15(26-2)9-5-13)21-18-11-7-14(20(24)25)12-22(18)19(16)23/h4-12H,3H2,1-2H3,(H,24,25). The van der Waals surface area contributed by atoms with Crippen molar-refractivity contribution in [2.45, 2.75) is 13.3 Å². The van der Waals surface area contributed by atoms with Gasteiger partial charge in [-0.3, -0.25) is 9.20 Å². The van der Waals surface area contributed by atoms with Crippen molar-refractivity contribution >= 4 is 23.8 Å². The van der Waals surface area contributed by atoms with Gasteiger partial charge >= 0.3 is 5.97 Å². The number of fused-ring (bicyclic) bond motifs is 1. The first-order valence-electron chi connectivity index (χ1n) is 8.14. The lowest BCUT2D eigenvalue weighted by atomic mass is 10.1. The molecule has 0 fully saturated rings. The maximum atomic E-state index is 12.7. The number of benzene rings is 1. The van der Waals surface area contributed by atoms with Crippen LogP contribution in [0.25, 0.3) is 17.8 Å². The number of aromatic carboxylic acids is 1. The molecular formula is C20H18N2O4. The van der Waals surface area contributed by atoms with Gasteiger partial charge in [-0.25, -0.2) is 9.78 Å². The maximum absolute atomic E-state index is 12.7. The lowest BCUT2D eigenvalue weighted by Gasteiger charge is -2.07.